The van der Waals surface area contributed by atoms with Gasteiger partial charge in [-0.1, -0.05) is 35.3 Å². The maximum absolute atomic E-state index is 11.9. The van der Waals surface area contributed by atoms with E-state index < -0.39 is 5.97 Å². The van der Waals surface area contributed by atoms with Gasteiger partial charge in [0.1, 0.15) is 22.6 Å². The first-order valence-electron chi connectivity index (χ1n) is 6.89. The molecule has 24 heavy (non-hydrogen) atoms. The summed E-state index contributed by atoms with van der Waals surface area (Å²) in [5, 5.41) is 0.935. The van der Waals surface area contributed by atoms with E-state index in [4.69, 9.17) is 32.4 Å². The second-order valence-corrected chi connectivity index (χ2v) is 5.72. The van der Waals surface area contributed by atoms with Gasteiger partial charge in [-0.3, -0.25) is 4.79 Å². The predicted molar refractivity (Wildman–Crippen MR) is 93.6 cm³/mol. The fraction of sp³-hybridized carbons (Fsp3) is 0. The zero-order valence-electron chi connectivity index (χ0n) is 12.2. The molecule has 1 heterocycles. The minimum atomic E-state index is -0.555. The lowest BCUT2D eigenvalue weighted by molar-refractivity contribution is -0.128. The first-order chi connectivity index (χ1) is 11.5. The number of benzene rings is 2. The maximum atomic E-state index is 11.9. The number of fused-ring (bicyclic) bond motifs is 1. The van der Waals surface area contributed by atoms with Gasteiger partial charge in [0.15, 0.2) is 0 Å². The van der Waals surface area contributed by atoms with Gasteiger partial charge in [0.25, 0.3) is 0 Å². The Hall–Kier alpha value is -2.56. The van der Waals surface area contributed by atoms with Crippen molar-refractivity contribution in [2.75, 3.05) is 0 Å². The van der Waals surface area contributed by atoms with Gasteiger partial charge in [-0.2, -0.15) is 0 Å². The lowest BCUT2D eigenvalue weighted by atomic mass is 10.2. The molecule has 0 amide bonds. The Balaban J connectivity index is 1.77. The number of rotatable bonds is 3. The Morgan fingerprint density at radius 3 is 2.58 bits per heavy atom. The highest BCUT2D eigenvalue weighted by Crippen LogP contribution is 2.20. The molecule has 0 aliphatic carbocycles. The monoisotopic (exact) mass is 360 g/mol. The molecule has 0 aliphatic heterocycles. The standard InChI is InChI=1S/C18H10Cl2O4/c19-12-4-1-11(2-5-12)3-8-17(21)24-13-6-7-14-16(9-13)23-10-15(20)18(14)22/h1-10H. The van der Waals surface area contributed by atoms with E-state index in [2.05, 4.69) is 0 Å². The molecule has 3 rings (SSSR count). The number of hydrogen-bond acceptors (Lipinski definition) is 4. The summed E-state index contributed by atoms with van der Waals surface area (Å²) in [6.45, 7) is 0. The SMILES string of the molecule is O=C(C=Cc1ccc(Cl)cc1)Oc1ccc2c(=O)c(Cl)coc2c1. The van der Waals surface area contributed by atoms with Crippen LogP contribution in [-0.2, 0) is 4.79 Å². The van der Waals surface area contributed by atoms with Gasteiger partial charge in [-0.05, 0) is 35.9 Å². The van der Waals surface area contributed by atoms with Crippen LogP contribution in [0.25, 0.3) is 17.0 Å². The zero-order valence-corrected chi connectivity index (χ0v) is 13.7. The van der Waals surface area contributed by atoms with Crippen molar-refractivity contribution < 1.29 is 13.9 Å². The molecule has 0 bridgehead atoms. The van der Waals surface area contributed by atoms with Gasteiger partial charge >= 0.3 is 5.97 Å². The number of carbonyl (C=O) groups excluding carboxylic acids is 1. The molecule has 0 radical (unpaired) electrons. The molecule has 0 fully saturated rings. The van der Waals surface area contributed by atoms with E-state index in [-0.39, 0.29) is 21.8 Å². The van der Waals surface area contributed by atoms with Crippen molar-refractivity contribution in [1.82, 2.24) is 0 Å². The van der Waals surface area contributed by atoms with E-state index in [0.717, 1.165) is 11.8 Å². The minimum absolute atomic E-state index is 0.00172. The fourth-order valence-electron chi connectivity index (χ4n) is 2.04. The Morgan fingerprint density at radius 1 is 1.08 bits per heavy atom. The maximum Gasteiger partial charge on any atom is 0.336 e. The van der Waals surface area contributed by atoms with E-state index in [1.165, 1.54) is 24.3 Å². The molecule has 0 saturated carbocycles. The molecular weight excluding hydrogens is 351 g/mol. The van der Waals surface area contributed by atoms with Crippen LogP contribution in [0.5, 0.6) is 5.75 Å². The van der Waals surface area contributed by atoms with Crippen molar-refractivity contribution in [3.05, 3.63) is 80.6 Å². The normalized spacial score (nSPS) is 11.1. The summed E-state index contributed by atoms with van der Waals surface area (Å²) in [6, 6.07) is 11.5. The van der Waals surface area contributed by atoms with Crippen LogP contribution in [0.1, 0.15) is 5.56 Å². The fourth-order valence-corrected chi connectivity index (χ4v) is 2.31. The summed E-state index contributed by atoms with van der Waals surface area (Å²) < 4.78 is 10.4. The highest BCUT2D eigenvalue weighted by molar-refractivity contribution is 6.31. The molecular formula is C18H10Cl2O4. The van der Waals surface area contributed by atoms with Crippen molar-refractivity contribution in [2.45, 2.75) is 0 Å². The lowest BCUT2D eigenvalue weighted by Gasteiger charge is -2.03. The van der Waals surface area contributed by atoms with E-state index >= 15 is 0 Å². The number of halogens is 2. The first kappa shape index (κ1) is 16.3. The molecule has 3 aromatic rings. The molecule has 0 saturated heterocycles. The topological polar surface area (TPSA) is 56.5 Å². The molecule has 0 unspecified atom stereocenters. The summed E-state index contributed by atoms with van der Waals surface area (Å²) in [5.74, 6) is -0.292. The van der Waals surface area contributed by atoms with Crippen molar-refractivity contribution >= 4 is 46.2 Å². The third kappa shape index (κ3) is 3.67. The summed E-state index contributed by atoms with van der Waals surface area (Å²) >= 11 is 11.5. The average molecular weight is 361 g/mol. The van der Waals surface area contributed by atoms with Crippen LogP contribution in [0.3, 0.4) is 0 Å². The second-order valence-electron chi connectivity index (χ2n) is 4.88. The molecule has 0 spiro atoms. The molecule has 4 nitrogen and oxygen atoms in total. The number of esters is 1. The van der Waals surface area contributed by atoms with Crippen LogP contribution in [0.2, 0.25) is 10.0 Å². The number of ether oxygens (including phenoxy) is 1. The molecule has 0 atom stereocenters. The van der Waals surface area contributed by atoms with E-state index in [0.29, 0.717) is 10.4 Å². The molecule has 0 N–H and O–H groups in total. The number of hydrogen-bond donors (Lipinski definition) is 0. The van der Waals surface area contributed by atoms with Crippen molar-refractivity contribution in [3.63, 3.8) is 0 Å². The van der Waals surface area contributed by atoms with Crippen LogP contribution in [-0.4, -0.2) is 5.97 Å². The molecule has 6 heteroatoms. The van der Waals surface area contributed by atoms with E-state index in [1.54, 1.807) is 30.3 Å². The van der Waals surface area contributed by atoms with Crippen LogP contribution >= 0.6 is 23.2 Å². The van der Waals surface area contributed by atoms with Crippen LogP contribution in [0.15, 0.2) is 64.0 Å². The summed E-state index contributed by atoms with van der Waals surface area (Å²) in [5.41, 5.74) is 0.769. The Kier molecular flexibility index (Phi) is 4.69. The smallest absolute Gasteiger partial charge is 0.336 e. The summed E-state index contributed by atoms with van der Waals surface area (Å²) in [7, 11) is 0. The largest absolute Gasteiger partial charge is 0.462 e. The van der Waals surface area contributed by atoms with Crippen LogP contribution in [0, 0.1) is 0 Å². The first-order valence-corrected chi connectivity index (χ1v) is 7.65. The van der Waals surface area contributed by atoms with E-state index in [1.807, 2.05) is 0 Å². The second kappa shape index (κ2) is 6.91. The van der Waals surface area contributed by atoms with Gasteiger partial charge in [0, 0.05) is 17.2 Å². The van der Waals surface area contributed by atoms with Gasteiger partial charge in [0.2, 0.25) is 5.43 Å². The highest BCUT2D eigenvalue weighted by Gasteiger charge is 2.08. The highest BCUT2D eigenvalue weighted by atomic mass is 35.5. The lowest BCUT2D eigenvalue weighted by Crippen LogP contribution is -2.05. The third-order valence-electron chi connectivity index (χ3n) is 3.20. The quantitative estimate of drug-likeness (QED) is 0.385. The Bertz CT molecular complexity index is 988. The van der Waals surface area contributed by atoms with Crippen molar-refractivity contribution in [3.8, 4) is 5.75 Å². The van der Waals surface area contributed by atoms with Gasteiger partial charge in [-0.25, -0.2) is 4.79 Å². The zero-order chi connectivity index (χ0) is 17.1. The summed E-state index contributed by atoms with van der Waals surface area (Å²) in [6.07, 6.45) is 4.06. The van der Waals surface area contributed by atoms with Gasteiger partial charge in [-0.15, -0.1) is 0 Å². The molecule has 1 aromatic heterocycles. The van der Waals surface area contributed by atoms with Crippen LogP contribution in [0.4, 0.5) is 0 Å². The average Bonchev–Trinajstić information content (AvgIpc) is 2.58. The Labute approximate surface area is 146 Å². The molecule has 120 valence electrons. The molecule has 0 aliphatic rings. The molecule has 2 aromatic carbocycles. The van der Waals surface area contributed by atoms with Gasteiger partial charge in [0.05, 0.1) is 5.39 Å². The Morgan fingerprint density at radius 2 is 1.83 bits per heavy atom. The third-order valence-corrected chi connectivity index (χ3v) is 3.72. The van der Waals surface area contributed by atoms with E-state index in [9.17, 15) is 9.59 Å². The van der Waals surface area contributed by atoms with Crippen molar-refractivity contribution in [2.24, 2.45) is 0 Å². The van der Waals surface area contributed by atoms with Crippen LogP contribution < -0.4 is 10.2 Å². The summed E-state index contributed by atoms with van der Waals surface area (Å²) in [4.78, 5) is 23.7. The van der Waals surface area contributed by atoms with Crippen molar-refractivity contribution in [1.29, 1.82) is 0 Å². The van der Waals surface area contributed by atoms with Gasteiger partial charge < -0.3 is 9.15 Å². The number of carbonyl (C=O) groups is 1. The minimum Gasteiger partial charge on any atom is -0.462 e. The predicted octanol–water partition coefficient (Wildman–Crippen LogP) is 4.72.